The smallest absolute Gasteiger partial charge is 0.329 e. The van der Waals surface area contributed by atoms with E-state index < -0.39 is 46.1 Å². The summed E-state index contributed by atoms with van der Waals surface area (Å²) in [5.41, 5.74) is 2.50. The number of imide groups is 1. The molecule has 18 heteroatoms. The maximum atomic E-state index is 16.3. The largest absolute Gasteiger partial charge is 0.492 e. The van der Waals surface area contributed by atoms with Crippen molar-refractivity contribution in [3.05, 3.63) is 100 Å². The molecular formula is C41H42FN7O9S. The Kier molecular flexibility index (Phi) is 10.8. The average Bonchev–Trinajstić information content (AvgIpc) is 3.64. The lowest BCUT2D eigenvalue weighted by atomic mass is 9.89. The third-order valence-corrected chi connectivity index (χ3v) is 12.4. The van der Waals surface area contributed by atoms with Crippen LogP contribution in [0.1, 0.15) is 48.8 Å². The molecule has 59 heavy (non-hydrogen) atoms. The van der Waals surface area contributed by atoms with E-state index in [1.165, 1.54) is 21.3 Å². The van der Waals surface area contributed by atoms with Crippen molar-refractivity contribution in [1.82, 2.24) is 29.4 Å². The number of rotatable bonds is 12. The van der Waals surface area contributed by atoms with E-state index in [0.29, 0.717) is 39.6 Å². The summed E-state index contributed by atoms with van der Waals surface area (Å²) in [6.45, 7) is 1.28. The number of nitrogens with one attached hydrogen (secondary N) is 3. The lowest BCUT2D eigenvalue weighted by Crippen LogP contribution is -2.44. The standard InChI is InChI=1S/C41H42FN7O9S/c1-46-33-19-27(8-10-31(33)49(41(46)54)32-11-12-35(50)44-40(32)53)26-13-16-47(17-14-26)22-36(51)43-15-18-57-29-9-7-28-20-34(58-24-25-5-3-2-4-6-25)39(38(42)30(28)21-29)48-23-37(52)45-59(48,55)56/h2-10,19-21,26,32H,11-18,22-24H2,1H3,(H,43,51)(H,45,52)(H,44,50,53)/t32-/m0/s1. The van der Waals surface area contributed by atoms with E-state index in [0.717, 1.165) is 24.0 Å². The van der Waals surface area contributed by atoms with Crippen LogP contribution < -0.4 is 34.8 Å². The Balaban J connectivity index is 0.855. The number of benzene rings is 4. The van der Waals surface area contributed by atoms with Crippen LogP contribution >= 0.6 is 0 Å². The molecule has 0 unspecified atom stereocenters. The molecular weight excluding hydrogens is 786 g/mol. The lowest BCUT2D eigenvalue weighted by molar-refractivity contribution is -0.135. The van der Waals surface area contributed by atoms with E-state index in [-0.39, 0.29) is 73.7 Å². The zero-order chi connectivity index (χ0) is 41.4. The molecule has 4 aromatic carbocycles. The number of piperidine rings is 2. The molecule has 0 radical (unpaired) electrons. The predicted molar refractivity (Wildman–Crippen MR) is 215 cm³/mol. The number of fused-ring (bicyclic) bond motifs is 2. The van der Waals surface area contributed by atoms with E-state index in [1.54, 1.807) is 19.2 Å². The van der Waals surface area contributed by atoms with Gasteiger partial charge in [0.05, 0.1) is 24.1 Å². The van der Waals surface area contributed by atoms with Crippen LogP contribution in [-0.2, 0) is 43.0 Å². The predicted octanol–water partition coefficient (Wildman–Crippen LogP) is 2.74. The van der Waals surface area contributed by atoms with Gasteiger partial charge < -0.3 is 14.8 Å². The van der Waals surface area contributed by atoms with Gasteiger partial charge in [0.1, 0.15) is 43.0 Å². The highest BCUT2D eigenvalue weighted by atomic mass is 32.2. The van der Waals surface area contributed by atoms with Gasteiger partial charge in [0.2, 0.25) is 17.7 Å². The Morgan fingerprint density at radius 2 is 1.69 bits per heavy atom. The summed E-state index contributed by atoms with van der Waals surface area (Å²) in [5, 5.41) is 5.67. The number of carbonyl (C=O) groups is 4. The van der Waals surface area contributed by atoms with Crippen LogP contribution in [-0.4, -0.2) is 85.4 Å². The minimum absolute atomic E-state index is 0.0343. The second-order valence-electron chi connectivity index (χ2n) is 14.9. The molecule has 3 N–H and O–H groups in total. The molecule has 308 valence electrons. The third-order valence-electron chi connectivity index (χ3n) is 11.1. The van der Waals surface area contributed by atoms with Crippen molar-refractivity contribution in [3.63, 3.8) is 0 Å². The Morgan fingerprint density at radius 3 is 2.42 bits per heavy atom. The molecule has 0 saturated carbocycles. The summed E-state index contributed by atoms with van der Waals surface area (Å²) in [5.74, 6) is -2.22. The number of amides is 4. The van der Waals surface area contributed by atoms with Gasteiger partial charge in [0, 0.05) is 18.9 Å². The third kappa shape index (κ3) is 8.09. The van der Waals surface area contributed by atoms with E-state index >= 15 is 4.39 Å². The van der Waals surface area contributed by atoms with Crippen LogP contribution in [0.2, 0.25) is 0 Å². The van der Waals surface area contributed by atoms with Crippen LogP contribution in [0.3, 0.4) is 0 Å². The fourth-order valence-electron chi connectivity index (χ4n) is 8.02. The summed E-state index contributed by atoms with van der Waals surface area (Å²) >= 11 is 0. The van der Waals surface area contributed by atoms with Crippen LogP contribution in [0, 0.1) is 5.82 Å². The lowest BCUT2D eigenvalue weighted by Gasteiger charge is -2.31. The quantitative estimate of drug-likeness (QED) is 0.125. The number of aryl methyl sites for hydroxylation is 1. The minimum atomic E-state index is -4.35. The number of halogens is 1. The van der Waals surface area contributed by atoms with E-state index in [2.05, 4.69) is 15.5 Å². The van der Waals surface area contributed by atoms with Crippen molar-refractivity contribution in [2.75, 3.05) is 43.6 Å². The van der Waals surface area contributed by atoms with E-state index in [9.17, 15) is 32.4 Å². The zero-order valence-corrected chi connectivity index (χ0v) is 32.9. The number of likely N-dealkylation sites (tertiary alicyclic amines) is 1. The number of hydrogen-bond acceptors (Lipinski definition) is 10. The Morgan fingerprint density at radius 1 is 0.915 bits per heavy atom. The van der Waals surface area contributed by atoms with Crippen molar-refractivity contribution < 1.29 is 41.5 Å². The zero-order valence-electron chi connectivity index (χ0n) is 32.1. The topological polar surface area (TPSA) is 190 Å². The van der Waals surface area contributed by atoms with Gasteiger partial charge in [-0.1, -0.05) is 42.5 Å². The number of imidazole rings is 1. The Bertz CT molecular complexity index is 2660. The molecule has 0 spiro atoms. The molecule has 16 nitrogen and oxygen atoms in total. The Labute approximate surface area is 338 Å². The van der Waals surface area contributed by atoms with Crippen LogP contribution in [0.25, 0.3) is 21.8 Å². The fourth-order valence-corrected chi connectivity index (χ4v) is 9.18. The number of nitrogens with zero attached hydrogens (tertiary/aromatic N) is 4. The van der Waals surface area contributed by atoms with Crippen LogP contribution in [0.5, 0.6) is 11.5 Å². The minimum Gasteiger partial charge on any atom is -0.492 e. The first-order valence-corrected chi connectivity index (χ1v) is 20.7. The summed E-state index contributed by atoms with van der Waals surface area (Å²) in [7, 11) is -2.68. The van der Waals surface area contributed by atoms with E-state index in [4.69, 9.17) is 9.47 Å². The van der Waals surface area contributed by atoms with Crippen molar-refractivity contribution in [3.8, 4) is 11.5 Å². The molecule has 1 atom stereocenters. The Hall–Kier alpha value is -6.27. The second-order valence-corrected chi connectivity index (χ2v) is 16.5. The molecule has 0 aliphatic carbocycles. The molecule has 4 heterocycles. The first-order chi connectivity index (χ1) is 28.4. The summed E-state index contributed by atoms with van der Waals surface area (Å²) < 4.78 is 59.2. The fraction of sp³-hybridized carbons (Fsp3) is 0.341. The number of anilines is 1. The molecule has 1 aromatic heterocycles. The maximum absolute atomic E-state index is 16.3. The first kappa shape index (κ1) is 39.6. The van der Waals surface area contributed by atoms with Crippen LogP contribution in [0.15, 0.2) is 77.6 Å². The van der Waals surface area contributed by atoms with E-state index in [1.807, 2.05) is 53.3 Å². The first-order valence-electron chi connectivity index (χ1n) is 19.3. The summed E-state index contributed by atoms with van der Waals surface area (Å²) in [6, 6.07) is 20.4. The monoisotopic (exact) mass is 827 g/mol. The number of aromatic nitrogens is 2. The molecule has 3 saturated heterocycles. The van der Waals surface area contributed by atoms with Crippen molar-refractivity contribution in [1.29, 1.82) is 0 Å². The van der Waals surface area contributed by atoms with Gasteiger partial charge in [-0.05, 0) is 85.1 Å². The average molecular weight is 828 g/mol. The maximum Gasteiger partial charge on any atom is 0.329 e. The number of carbonyl (C=O) groups excluding carboxylic acids is 4. The summed E-state index contributed by atoms with van der Waals surface area (Å²) in [6.07, 6.45) is 2.05. The van der Waals surface area contributed by atoms with Gasteiger partial charge in [-0.25, -0.2) is 18.2 Å². The van der Waals surface area contributed by atoms with Crippen molar-refractivity contribution >= 4 is 61.3 Å². The van der Waals surface area contributed by atoms with Gasteiger partial charge in [0.25, 0.3) is 5.91 Å². The van der Waals surface area contributed by atoms with Gasteiger partial charge in [-0.3, -0.25) is 38.5 Å². The SMILES string of the molecule is Cn1c(=O)n([C@H]2CCC(=O)NC2=O)c2ccc(C3CCN(CC(=O)NCCOc4ccc5cc(OCc6ccccc6)c(N6CC(=O)NS6(=O)=O)c(F)c5c4)CC3)cc21. The van der Waals surface area contributed by atoms with Crippen LogP contribution in [0.4, 0.5) is 10.1 Å². The van der Waals surface area contributed by atoms with Crippen molar-refractivity contribution in [2.24, 2.45) is 7.05 Å². The molecule has 3 aliphatic rings. The molecule has 0 bridgehead atoms. The molecule has 8 rings (SSSR count). The van der Waals surface area contributed by atoms with Gasteiger partial charge in [-0.15, -0.1) is 0 Å². The molecule has 5 aromatic rings. The number of hydrogen-bond donors (Lipinski definition) is 3. The summed E-state index contributed by atoms with van der Waals surface area (Å²) in [4.78, 5) is 64.4. The highest BCUT2D eigenvalue weighted by molar-refractivity contribution is 7.92. The van der Waals surface area contributed by atoms with Crippen molar-refractivity contribution in [2.45, 2.75) is 44.2 Å². The highest BCUT2D eigenvalue weighted by Crippen LogP contribution is 2.41. The second kappa shape index (κ2) is 16.2. The number of ether oxygens (including phenoxy) is 2. The van der Waals surface area contributed by atoms with Gasteiger partial charge >= 0.3 is 15.9 Å². The van der Waals surface area contributed by atoms with Gasteiger partial charge in [0.15, 0.2) is 5.82 Å². The molecule has 3 aliphatic heterocycles. The highest BCUT2D eigenvalue weighted by Gasteiger charge is 2.38. The molecule has 3 fully saturated rings. The normalized spacial score (nSPS) is 18.6. The molecule has 4 amide bonds. The van der Waals surface area contributed by atoms with Gasteiger partial charge in [-0.2, -0.15) is 8.42 Å².